The average molecular weight is 292 g/mol. The van der Waals surface area contributed by atoms with Crippen LogP contribution in [0.25, 0.3) is 0 Å². The van der Waals surface area contributed by atoms with Crippen LogP contribution in [-0.4, -0.2) is 39.1 Å². The van der Waals surface area contributed by atoms with Gasteiger partial charge in [-0.25, -0.2) is 4.98 Å². The highest BCUT2D eigenvalue weighted by Crippen LogP contribution is 2.23. The molecule has 1 N–H and O–H groups in total. The molecule has 1 saturated heterocycles. The van der Waals surface area contributed by atoms with Crippen LogP contribution in [0.5, 0.6) is 0 Å². The number of aromatic amines is 1. The van der Waals surface area contributed by atoms with Crippen LogP contribution in [0.1, 0.15) is 76.2 Å². The van der Waals surface area contributed by atoms with Crippen LogP contribution in [0.3, 0.4) is 0 Å². The molecular weight excluding hydrogens is 264 g/mol. The Labute approximate surface area is 127 Å². The van der Waals surface area contributed by atoms with Crippen molar-refractivity contribution in [1.29, 1.82) is 0 Å². The summed E-state index contributed by atoms with van der Waals surface area (Å²) in [6.07, 6.45) is 5.94. The molecule has 0 spiro atoms. The number of likely N-dealkylation sites (tertiary alicyclic amines) is 1. The molecule has 1 amide bonds. The molecule has 0 aliphatic carbocycles. The first-order valence-corrected chi connectivity index (χ1v) is 8.14. The number of carbonyl (C=O) groups excluding carboxylic acids is 1. The zero-order valence-electron chi connectivity index (χ0n) is 13.8. The van der Waals surface area contributed by atoms with Gasteiger partial charge in [-0.2, -0.15) is 0 Å². The van der Waals surface area contributed by atoms with Crippen LogP contribution in [0.2, 0.25) is 0 Å². The van der Waals surface area contributed by atoms with Crippen molar-refractivity contribution < 1.29 is 4.79 Å². The molecule has 1 atom stereocenters. The lowest BCUT2D eigenvalue weighted by atomic mass is 9.96. The van der Waals surface area contributed by atoms with Gasteiger partial charge in [-0.15, -0.1) is 5.10 Å². The van der Waals surface area contributed by atoms with Gasteiger partial charge in [-0.1, -0.05) is 40.5 Å². The van der Waals surface area contributed by atoms with Crippen LogP contribution in [-0.2, 0) is 5.41 Å². The number of carbonyl (C=O) groups is 1. The minimum absolute atomic E-state index is 0.0288. The number of aromatic nitrogens is 3. The molecule has 1 fully saturated rings. The summed E-state index contributed by atoms with van der Waals surface area (Å²) in [4.78, 5) is 18.8. The van der Waals surface area contributed by atoms with Gasteiger partial charge in [0.2, 0.25) is 5.82 Å². The van der Waals surface area contributed by atoms with Gasteiger partial charge in [0.05, 0.1) is 0 Å². The Bertz CT molecular complexity index is 475. The summed E-state index contributed by atoms with van der Waals surface area (Å²) < 4.78 is 0. The molecule has 1 unspecified atom stereocenters. The smallest absolute Gasteiger partial charge is 0.293 e. The summed E-state index contributed by atoms with van der Waals surface area (Å²) in [5, 5.41) is 7.02. The van der Waals surface area contributed by atoms with Gasteiger partial charge < -0.3 is 4.90 Å². The third-order valence-corrected chi connectivity index (χ3v) is 4.22. The summed E-state index contributed by atoms with van der Waals surface area (Å²) in [5.41, 5.74) is -0.115. The second-order valence-corrected chi connectivity index (χ2v) is 7.14. The van der Waals surface area contributed by atoms with E-state index in [0.717, 1.165) is 37.7 Å². The third kappa shape index (κ3) is 4.05. The summed E-state index contributed by atoms with van der Waals surface area (Å²) >= 11 is 0. The van der Waals surface area contributed by atoms with E-state index in [0.29, 0.717) is 5.82 Å². The lowest BCUT2D eigenvalue weighted by Crippen LogP contribution is -2.33. The molecule has 2 heterocycles. The zero-order valence-corrected chi connectivity index (χ0v) is 13.8. The summed E-state index contributed by atoms with van der Waals surface area (Å²) in [6.45, 7) is 10.1. The van der Waals surface area contributed by atoms with E-state index < -0.39 is 0 Å². The number of hydrogen-bond acceptors (Lipinski definition) is 3. The van der Waals surface area contributed by atoms with Crippen molar-refractivity contribution in [2.24, 2.45) is 5.92 Å². The molecule has 5 heteroatoms. The SMILES string of the molecule is CCCC1CCCN(C(=O)c2n[nH]c(C(C)(C)C)n2)CC1. The van der Waals surface area contributed by atoms with E-state index in [1.165, 1.54) is 19.3 Å². The molecule has 118 valence electrons. The van der Waals surface area contributed by atoms with E-state index in [4.69, 9.17) is 0 Å². The van der Waals surface area contributed by atoms with E-state index in [1.54, 1.807) is 0 Å². The van der Waals surface area contributed by atoms with E-state index >= 15 is 0 Å². The van der Waals surface area contributed by atoms with Gasteiger partial charge in [0, 0.05) is 18.5 Å². The van der Waals surface area contributed by atoms with Crippen molar-refractivity contribution in [2.45, 2.75) is 65.2 Å². The Kier molecular flexibility index (Phi) is 5.01. The molecule has 2 rings (SSSR count). The van der Waals surface area contributed by atoms with Crippen molar-refractivity contribution in [2.75, 3.05) is 13.1 Å². The largest absolute Gasteiger partial charge is 0.336 e. The van der Waals surface area contributed by atoms with E-state index in [9.17, 15) is 4.79 Å². The Morgan fingerprint density at radius 3 is 2.71 bits per heavy atom. The fraction of sp³-hybridized carbons (Fsp3) is 0.812. The molecule has 1 aromatic heterocycles. The van der Waals surface area contributed by atoms with Crippen LogP contribution in [0.4, 0.5) is 0 Å². The topological polar surface area (TPSA) is 61.9 Å². The lowest BCUT2D eigenvalue weighted by Gasteiger charge is -2.19. The quantitative estimate of drug-likeness (QED) is 0.931. The summed E-state index contributed by atoms with van der Waals surface area (Å²) in [5.74, 6) is 1.82. The van der Waals surface area contributed by atoms with Gasteiger partial charge >= 0.3 is 0 Å². The molecule has 5 nitrogen and oxygen atoms in total. The first-order chi connectivity index (χ1) is 9.91. The van der Waals surface area contributed by atoms with Crippen molar-refractivity contribution in [3.63, 3.8) is 0 Å². The van der Waals surface area contributed by atoms with Gasteiger partial charge in [0.25, 0.3) is 5.91 Å². The molecule has 1 aliphatic rings. The summed E-state index contributed by atoms with van der Waals surface area (Å²) in [6, 6.07) is 0. The average Bonchev–Trinajstić information content (AvgIpc) is 2.81. The van der Waals surface area contributed by atoms with Gasteiger partial charge in [-0.05, 0) is 25.2 Å². The highest BCUT2D eigenvalue weighted by atomic mass is 16.2. The maximum absolute atomic E-state index is 12.5. The van der Waals surface area contributed by atoms with Crippen LogP contribution in [0.15, 0.2) is 0 Å². The first-order valence-electron chi connectivity index (χ1n) is 8.14. The highest BCUT2D eigenvalue weighted by molar-refractivity contribution is 5.90. The second kappa shape index (κ2) is 6.58. The van der Waals surface area contributed by atoms with Crippen LogP contribution in [0, 0.1) is 5.92 Å². The normalized spacial score (nSPS) is 20.4. The van der Waals surface area contributed by atoms with E-state index in [2.05, 4.69) is 42.9 Å². The van der Waals surface area contributed by atoms with E-state index in [-0.39, 0.29) is 11.3 Å². The Hall–Kier alpha value is -1.39. The number of rotatable bonds is 3. The third-order valence-electron chi connectivity index (χ3n) is 4.22. The Morgan fingerprint density at radius 1 is 1.33 bits per heavy atom. The lowest BCUT2D eigenvalue weighted by molar-refractivity contribution is 0.0748. The number of nitrogens with one attached hydrogen (secondary N) is 1. The predicted octanol–water partition coefficient (Wildman–Crippen LogP) is 3.14. The maximum atomic E-state index is 12.5. The van der Waals surface area contributed by atoms with Crippen molar-refractivity contribution >= 4 is 5.91 Å². The Morgan fingerprint density at radius 2 is 2.10 bits per heavy atom. The zero-order chi connectivity index (χ0) is 15.5. The van der Waals surface area contributed by atoms with E-state index in [1.807, 2.05) is 4.90 Å². The molecule has 0 bridgehead atoms. The van der Waals surface area contributed by atoms with Crippen molar-refractivity contribution in [3.8, 4) is 0 Å². The molecule has 1 aromatic rings. The fourth-order valence-electron chi connectivity index (χ4n) is 2.90. The molecule has 0 radical (unpaired) electrons. The standard InChI is InChI=1S/C16H28N4O/c1-5-7-12-8-6-10-20(11-9-12)14(21)13-17-15(19-18-13)16(2,3)4/h12H,5-11H2,1-4H3,(H,17,18,19). The van der Waals surface area contributed by atoms with Crippen molar-refractivity contribution in [1.82, 2.24) is 20.1 Å². The highest BCUT2D eigenvalue weighted by Gasteiger charge is 2.26. The number of hydrogen-bond donors (Lipinski definition) is 1. The monoisotopic (exact) mass is 292 g/mol. The summed E-state index contributed by atoms with van der Waals surface area (Å²) in [7, 11) is 0. The van der Waals surface area contributed by atoms with Crippen molar-refractivity contribution in [3.05, 3.63) is 11.6 Å². The van der Waals surface area contributed by atoms with Crippen LogP contribution < -0.4 is 0 Å². The van der Waals surface area contributed by atoms with Gasteiger partial charge in [0.1, 0.15) is 5.82 Å². The Balaban J connectivity index is 2.01. The molecule has 0 aromatic carbocycles. The van der Waals surface area contributed by atoms with Gasteiger partial charge in [0.15, 0.2) is 0 Å². The second-order valence-electron chi connectivity index (χ2n) is 7.14. The fourth-order valence-corrected chi connectivity index (χ4v) is 2.90. The molecule has 0 saturated carbocycles. The number of nitrogens with zero attached hydrogens (tertiary/aromatic N) is 3. The number of H-pyrrole nitrogens is 1. The van der Waals surface area contributed by atoms with Gasteiger partial charge in [-0.3, -0.25) is 9.89 Å². The first kappa shape index (κ1) is 16.0. The predicted molar refractivity (Wildman–Crippen MR) is 83.2 cm³/mol. The van der Waals surface area contributed by atoms with Crippen LogP contribution >= 0.6 is 0 Å². The minimum atomic E-state index is -0.115. The molecular formula is C16H28N4O. The maximum Gasteiger partial charge on any atom is 0.293 e. The molecule has 1 aliphatic heterocycles. The minimum Gasteiger partial charge on any atom is -0.336 e. The number of amides is 1. The molecule has 21 heavy (non-hydrogen) atoms.